The van der Waals surface area contributed by atoms with E-state index in [0.717, 1.165) is 42.5 Å². The smallest absolute Gasteiger partial charge is 0.254 e. The molecule has 2 aliphatic rings. The number of carbonyl (C=O) groups is 2. The first kappa shape index (κ1) is 24.1. The molecule has 0 bridgehead atoms. The highest BCUT2D eigenvalue weighted by Crippen LogP contribution is 2.33. The lowest BCUT2D eigenvalue weighted by molar-refractivity contribution is 0.0303. The van der Waals surface area contributed by atoms with Gasteiger partial charge in [0, 0.05) is 68.3 Å². The van der Waals surface area contributed by atoms with E-state index < -0.39 is 0 Å². The molecule has 0 N–H and O–H groups in total. The fourth-order valence-electron chi connectivity index (χ4n) is 5.01. The summed E-state index contributed by atoms with van der Waals surface area (Å²) in [5, 5.41) is 0.936. The lowest BCUT2D eigenvalue weighted by Gasteiger charge is -2.27. The molecule has 2 aliphatic heterocycles. The summed E-state index contributed by atoms with van der Waals surface area (Å²) in [4.78, 5) is 30.4. The Kier molecular flexibility index (Phi) is 7.31. The van der Waals surface area contributed by atoms with Gasteiger partial charge >= 0.3 is 0 Å². The number of aromatic nitrogens is 1. The molecule has 2 aromatic carbocycles. The third kappa shape index (κ3) is 5.13. The Morgan fingerprint density at radius 3 is 2.56 bits per heavy atom. The van der Waals surface area contributed by atoms with Crippen LogP contribution in [0.25, 0.3) is 16.5 Å². The first-order valence-electron chi connectivity index (χ1n) is 12.6. The molecule has 36 heavy (non-hydrogen) atoms. The third-order valence-corrected chi connectivity index (χ3v) is 6.99. The van der Waals surface area contributed by atoms with Crippen molar-refractivity contribution in [1.82, 2.24) is 14.4 Å². The van der Waals surface area contributed by atoms with Crippen LogP contribution in [0.1, 0.15) is 45.5 Å². The summed E-state index contributed by atoms with van der Waals surface area (Å²) in [5.74, 6) is 2.54. The molecule has 0 aliphatic carbocycles. The normalized spacial score (nSPS) is 16.5. The van der Waals surface area contributed by atoms with Gasteiger partial charge in [-0.1, -0.05) is 36.4 Å². The minimum atomic E-state index is -0.0291. The predicted molar refractivity (Wildman–Crippen MR) is 142 cm³/mol. The summed E-state index contributed by atoms with van der Waals surface area (Å²) in [6.07, 6.45) is 11.2. The monoisotopic (exact) mass is 481 g/mol. The molecule has 184 valence electrons. The van der Waals surface area contributed by atoms with Gasteiger partial charge in [0.1, 0.15) is 0 Å². The fourth-order valence-corrected chi connectivity index (χ4v) is 5.01. The van der Waals surface area contributed by atoms with E-state index in [-0.39, 0.29) is 18.2 Å². The Labute approximate surface area is 212 Å². The van der Waals surface area contributed by atoms with E-state index >= 15 is 0 Å². The number of terminal acetylenes is 1. The van der Waals surface area contributed by atoms with Gasteiger partial charge in [-0.15, -0.1) is 12.3 Å². The molecule has 0 spiro atoms. The second-order valence-electron chi connectivity index (χ2n) is 9.35. The Hall–Kier alpha value is -3.66. The average molecular weight is 482 g/mol. The van der Waals surface area contributed by atoms with Crippen LogP contribution in [-0.4, -0.2) is 65.6 Å². The van der Waals surface area contributed by atoms with Gasteiger partial charge in [-0.3, -0.25) is 19.1 Å². The predicted octanol–water partition coefficient (Wildman–Crippen LogP) is 4.46. The Balaban J connectivity index is 1.46. The summed E-state index contributed by atoms with van der Waals surface area (Å²) < 4.78 is 7.11. The molecule has 3 heterocycles. The molecule has 1 fully saturated rings. The second kappa shape index (κ2) is 10.9. The van der Waals surface area contributed by atoms with E-state index in [2.05, 4.69) is 41.2 Å². The first-order chi connectivity index (χ1) is 17.6. The third-order valence-electron chi connectivity index (χ3n) is 6.99. The number of hydrogen-bond donors (Lipinski definition) is 0. The molecule has 0 saturated carbocycles. The zero-order valence-corrected chi connectivity index (χ0v) is 20.5. The van der Waals surface area contributed by atoms with Crippen molar-refractivity contribution in [1.29, 1.82) is 0 Å². The van der Waals surface area contributed by atoms with Crippen molar-refractivity contribution < 1.29 is 14.3 Å². The maximum atomic E-state index is 13.2. The van der Waals surface area contributed by atoms with Crippen LogP contribution in [0.3, 0.4) is 0 Å². The zero-order valence-electron chi connectivity index (χ0n) is 20.5. The van der Waals surface area contributed by atoms with Crippen molar-refractivity contribution in [2.45, 2.75) is 25.8 Å². The van der Waals surface area contributed by atoms with E-state index in [1.54, 1.807) is 4.57 Å². The van der Waals surface area contributed by atoms with Crippen LogP contribution < -0.4 is 0 Å². The lowest BCUT2D eigenvalue weighted by atomic mass is 9.97. The Morgan fingerprint density at radius 1 is 1.03 bits per heavy atom. The minimum absolute atomic E-state index is 0.00391. The standard InChI is InChI=1S/C30H31N3O3/c1-2-3-9-29(34)33-22-27(24-12-14-31(15-13-24)21-23-7-5-4-6-8-23)26-20-25(10-11-28(26)33)30(35)32-16-18-36-19-17-32/h1,4-8,10-12,20,22H,3,9,13-19,21H2. The summed E-state index contributed by atoms with van der Waals surface area (Å²) in [7, 11) is 0. The fraction of sp³-hybridized carbons (Fsp3) is 0.333. The highest BCUT2D eigenvalue weighted by molar-refractivity contribution is 6.04. The van der Waals surface area contributed by atoms with Gasteiger partial charge in [0.05, 0.1) is 18.7 Å². The maximum absolute atomic E-state index is 13.2. The molecule has 1 saturated heterocycles. The van der Waals surface area contributed by atoms with Gasteiger partial charge in [-0.2, -0.15) is 0 Å². The van der Waals surface area contributed by atoms with Crippen LogP contribution in [0.4, 0.5) is 0 Å². The number of benzene rings is 2. The molecule has 0 unspecified atom stereocenters. The number of ether oxygens (including phenoxy) is 1. The van der Waals surface area contributed by atoms with Crippen molar-refractivity contribution in [2.24, 2.45) is 0 Å². The van der Waals surface area contributed by atoms with Crippen molar-refractivity contribution in [3.8, 4) is 12.3 Å². The zero-order chi connectivity index (χ0) is 24.9. The topological polar surface area (TPSA) is 54.8 Å². The van der Waals surface area contributed by atoms with Crippen LogP contribution in [0.5, 0.6) is 0 Å². The van der Waals surface area contributed by atoms with Crippen molar-refractivity contribution in [3.63, 3.8) is 0 Å². The molecule has 5 rings (SSSR count). The number of rotatable bonds is 6. The van der Waals surface area contributed by atoms with Crippen LogP contribution >= 0.6 is 0 Å². The highest BCUT2D eigenvalue weighted by atomic mass is 16.5. The number of hydrogen-bond acceptors (Lipinski definition) is 4. The van der Waals surface area contributed by atoms with Crippen molar-refractivity contribution >= 4 is 28.3 Å². The van der Waals surface area contributed by atoms with Crippen LogP contribution in [-0.2, 0) is 11.3 Å². The van der Waals surface area contributed by atoms with Gasteiger partial charge in [0.25, 0.3) is 5.91 Å². The van der Waals surface area contributed by atoms with Crippen molar-refractivity contribution in [2.75, 3.05) is 39.4 Å². The van der Waals surface area contributed by atoms with Gasteiger partial charge in [0.15, 0.2) is 0 Å². The van der Waals surface area contributed by atoms with Gasteiger partial charge < -0.3 is 9.64 Å². The summed E-state index contributed by atoms with van der Waals surface area (Å²) in [5.41, 5.74) is 5.00. The number of morpholine rings is 1. The lowest BCUT2D eigenvalue weighted by Crippen LogP contribution is -2.40. The summed E-state index contributed by atoms with van der Waals surface area (Å²) in [6.45, 7) is 5.00. The molecule has 3 aromatic rings. The Bertz CT molecular complexity index is 1330. The maximum Gasteiger partial charge on any atom is 0.254 e. The second-order valence-corrected chi connectivity index (χ2v) is 9.35. The number of nitrogens with zero attached hydrogens (tertiary/aromatic N) is 3. The number of amides is 1. The van der Waals surface area contributed by atoms with E-state index in [0.29, 0.717) is 38.3 Å². The van der Waals surface area contributed by atoms with E-state index in [1.165, 1.54) is 11.1 Å². The molecule has 0 radical (unpaired) electrons. The highest BCUT2D eigenvalue weighted by Gasteiger charge is 2.23. The van der Waals surface area contributed by atoms with Gasteiger partial charge in [-0.05, 0) is 35.8 Å². The van der Waals surface area contributed by atoms with Crippen LogP contribution in [0.15, 0.2) is 60.8 Å². The van der Waals surface area contributed by atoms with Crippen molar-refractivity contribution in [3.05, 3.63) is 77.5 Å². The first-order valence-corrected chi connectivity index (χ1v) is 12.6. The number of fused-ring (bicyclic) bond motifs is 1. The summed E-state index contributed by atoms with van der Waals surface area (Å²) >= 11 is 0. The van der Waals surface area contributed by atoms with E-state index in [9.17, 15) is 9.59 Å². The molecular formula is C30H31N3O3. The Morgan fingerprint density at radius 2 is 1.83 bits per heavy atom. The quantitative estimate of drug-likeness (QED) is 0.488. The molecular weight excluding hydrogens is 450 g/mol. The molecule has 6 heteroatoms. The largest absolute Gasteiger partial charge is 0.378 e. The molecule has 0 atom stereocenters. The van der Waals surface area contributed by atoms with Crippen LogP contribution in [0, 0.1) is 12.3 Å². The van der Waals surface area contributed by atoms with Gasteiger partial charge in [-0.25, -0.2) is 0 Å². The van der Waals surface area contributed by atoms with E-state index in [1.807, 2.05) is 35.4 Å². The SMILES string of the molecule is C#CCCC(=O)n1cc(C2=CCN(Cc3ccccc3)CC2)c2cc(C(=O)N3CCOCC3)ccc21. The average Bonchev–Trinajstić information content (AvgIpc) is 3.32. The molecule has 1 aromatic heterocycles. The minimum Gasteiger partial charge on any atom is -0.378 e. The van der Waals surface area contributed by atoms with Gasteiger partial charge in [0.2, 0.25) is 5.91 Å². The summed E-state index contributed by atoms with van der Waals surface area (Å²) in [6, 6.07) is 16.2. The molecule has 1 amide bonds. The van der Waals surface area contributed by atoms with E-state index in [4.69, 9.17) is 11.2 Å². The van der Waals surface area contributed by atoms with Crippen LogP contribution in [0.2, 0.25) is 0 Å². The number of carbonyl (C=O) groups excluding carboxylic acids is 2. The molecule has 6 nitrogen and oxygen atoms in total.